The maximum absolute atomic E-state index is 7.24. The van der Waals surface area contributed by atoms with E-state index in [0.29, 0.717) is 6.54 Å². The van der Waals surface area contributed by atoms with Crippen molar-refractivity contribution in [1.29, 1.82) is 0 Å². The van der Waals surface area contributed by atoms with Gasteiger partial charge >= 0.3 is 0 Å². The summed E-state index contributed by atoms with van der Waals surface area (Å²) in [6.07, 6.45) is 2.43. The van der Waals surface area contributed by atoms with Gasteiger partial charge in [0.1, 0.15) is 0 Å². The van der Waals surface area contributed by atoms with Crippen LogP contribution in [0.1, 0.15) is 12.0 Å². The van der Waals surface area contributed by atoms with Gasteiger partial charge in [-0.05, 0) is 24.5 Å². The van der Waals surface area contributed by atoms with E-state index in [1.165, 1.54) is 24.1 Å². The third-order valence-corrected chi connectivity index (χ3v) is 2.59. The molecule has 2 heteroatoms. The Kier molecular flexibility index (Phi) is 2.50. The van der Waals surface area contributed by atoms with Crippen molar-refractivity contribution < 1.29 is 0 Å². The monoisotopic (exact) mass is 175 g/mol. The van der Waals surface area contributed by atoms with E-state index in [-0.39, 0.29) is 0 Å². The molecule has 2 rings (SSSR count). The van der Waals surface area contributed by atoms with Gasteiger partial charge in [-0.25, -0.2) is 0 Å². The maximum atomic E-state index is 7.24. The first-order valence-electron chi connectivity index (χ1n) is 4.89. The first-order valence-corrected chi connectivity index (χ1v) is 4.89. The summed E-state index contributed by atoms with van der Waals surface area (Å²) in [6.45, 7) is 2.49. The molecule has 1 aliphatic rings. The van der Waals surface area contributed by atoms with Crippen molar-refractivity contribution in [2.45, 2.75) is 12.8 Å². The van der Waals surface area contributed by atoms with Crippen molar-refractivity contribution in [2.24, 2.45) is 0 Å². The van der Waals surface area contributed by atoms with Gasteiger partial charge in [-0.2, -0.15) is 0 Å². The molecule has 0 amide bonds. The van der Waals surface area contributed by atoms with Crippen LogP contribution in [0, 0.1) is 0 Å². The number of benzene rings is 1. The fourth-order valence-corrected chi connectivity index (χ4v) is 1.98. The van der Waals surface area contributed by atoms with E-state index in [2.05, 4.69) is 29.2 Å². The highest BCUT2D eigenvalue weighted by Crippen LogP contribution is 2.25. The van der Waals surface area contributed by atoms with Crippen molar-refractivity contribution in [3.05, 3.63) is 29.8 Å². The van der Waals surface area contributed by atoms with Crippen LogP contribution in [0.5, 0.6) is 0 Å². The molecule has 0 aliphatic carbocycles. The van der Waals surface area contributed by atoms with E-state index in [1.807, 2.05) is 0 Å². The van der Waals surface area contributed by atoms with E-state index in [4.69, 9.17) is 5.73 Å². The second-order valence-electron chi connectivity index (χ2n) is 3.47. The summed E-state index contributed by atoms with van der Waals surface area (Å²) >= 11 is 0. The number of aryl methyl sites for hydroxylation is 1. The zero-order valence-corrected chi connectivity index (χ0v) is 7.79. The number of para-hydroxylation sites is 1. The molecule has 2 nitrogen and oxygen atoms in total. The van der Waals surface area contributed by atoms with Gasteiger partial charge in [0.2, 0.25) is 0 Å². The molecule has 69 valence electrons. The zero-order chi connectivity index (χ0) is 9.10. The highest BCUT2D eigenvalue weighted by atomic mass is 15.1. The summed E-state index contributed by atoms with van der Waals surface area (Å²) in [5.74, 6) is 0. The fraction of sp³-hybridized carbons (Fsp3) is 0.455. The van der Waals surface area contributed by atoms with Crippen molar-refractivity contribution in [3.63, 3.8) is 0 Å². The Bertz CT molecular complexity index is 283. The predicted octanol–water partition coefficient (Wildman–Crippen LogP) is 1.72. The second kappa shape index (κ2) is 3.79. The van der Waals surface area contributed by atoms with Gasteiger partial charge in [0, 0.05) is 25.3 Å². The van der Waals surface area contributed by atoms with Gasteiger partial charge < -0.3 is 4.90 Å². The van der Waals surface area contributed by atoms with Gasteiger partial charge in [0.05, 0.1) is 0 Å². The molecule has 0 fully saturated rings. The van der Waals surface area contributed by atoms with Gasteiger partial charge in [0.15, 0.2) is 0 Å². The third kappa shape index (κ3) is 1.68. The average molecular weight is 175 g/mol. The fourth-order valence-electron chi connectivity index (χ4n) is 1.98. The molecule has 0 saturated heterocycles. The standard InChI is InChI=1S/C11H15N2/c12-7-9-13-8-3-5-10-4-1-2-6-11(10)13/h1-2,4,6,12H,3,5,7-9H2. The van der Waals surface area contributed by atoms with E-state index in [9.17, 15) is 0 Å². The minimum Gasteiger partial charge on any atom is -0.370 e. The summed E-state index contributed by atoms with van der Waals surface area (Å²) in [7, 11) is 0. The molecule has 13 heavy (non-hydrogen) atoms. The van der Waals surface area contributed by atoms with Crippen LogP contribution < -0.4 is 10.6 Å². The van der Waals surface area contributed by atoms with Crippen LogP contribution in [0.25, 0.3) is 0 Å². The lowest BCUT2D eigenvalue weighted by Gasteiger charge is -2.30. The topological polar surface area (TPSA) is 27.0 Å². The second-order valence-corrected chi connectivity index (χ2v) is 3.47. The van der Waals surface area contributed by atoms with Crippen LogP contribution in [0.15, 0.2) is 24.3 Å². The lowest BCUT2D eigenvalue weighted by atomic mass is 10.0. The van der Waals surface area contributed by atoms with Gasteiger partial charge in [-0.1, -0.05) is 18.2 Å². The number of nitrogens with zero attached hydrogens (tertiary/aromatic N) is 1. The normalized spacial score (nSPS) is 15.6. The zero-order valence-electron chi connectivity index (χ0n) is 7.79. The number of rotatable bonds is 2. The van der Waals surface area contributed by atoms with Crippen LogP contribution in [-0.4, -0.2) is 19.6 Å². The Morgan fingerprint density at radius 1 is 1.31 bits per heavy atom. The molecule has 0 spiro atoms. The molecule has 0 saturated carbocycles. The van der Waals surface area contributed by atoms with Crippen molar-refractivity contribution in [1.82, 2.24) is 5.73 Å². The third-order valence-electron chi connectivity index (χ3n) is 2.59. The molecule has 0 unspecified atom stereocenters. The molecule has 1 aromatic rings. The van der Waals surface area contributed by atoms with E-state index >= 15 is 0 Å². The number of fused-ring (bicyclic) bond motifs is 1. The predicted molar refractivity (Wildman–Crippen MR) is 54.9 cm³/mol. The number of hydrogen-bond acceptors (Lipinski definition) is 1. The molecule has 1 radical (unpaired) electrons. The van der Waals surface area contributed by atoms with Crippen LogP contribution in [0.4, 0.5) is 5.69 Å². The molecule has 1 heterocycles. The molecule has 0 atom stereocenters. The average Bonchev–Trinajstić information content (AvgIpc) is 2.19. The molecule has 1 aliphatic heterocycles. The van der Waals surface area contributed by atoms with Gasteiger partial charge in [-0.15, -0.1) is 0 Å². The van der Waals surface area contributed by atoms with E-state index in [0.717, 1.165) is 13.1 Å². The van der Waals surface area contributed by atoms with Crippen molar-refractivity contribution in [3.8, 4) is 0 Å². The molecule has 1 N–H and O–H groups in total. The highest BCUT2D eigenvalue weighted by Gasteiger charge is 2.14. The first kappa shape index (κ1) is 8.57. The molecule has 0 aromatic heterocycles. The van der Waals surface area contributed by atoms with Gasteiger partial charge in [0.25, 0.3) is 0 Å². The smallest absolute Gasteiger partial charge is 0.0399 e. The lowest BCUT2D eigenvalue weighted by molar-refractivity contribution is 0.689. The van der Waals surface area contributed by atoms with Gasteiger partial charge in [-0.3, -0.25) is 5.73 Å². The Balaban J connectivity index is 2.26. The van der Waals surface area contributed by atoms with Crippen LogP contribution in [-0.2, 0) is 6.42 Å². The Labute approximate surface area is 79.4 Å². The summed E-state index contributed by atoms with van der Waals surface area (Å²) in [5, 5.41) is 0. The number of nitrogens with one attached hydrogen (secondary N) is 1. The highest BCUT2D eigenvalue weighted by molar-refractivity contribution is 5.55. The first-order chi connectivity index (χ1) is 6.42. The van der Waals surface area contributed by atoms with E-state index in [1.54, 1.807) is 0 Å². The summed E-state index contributed by atoms with van der Waals surface area (Å²) < 4.78 is 0. The summed E-state index contributed by atoms with van der Waals surface area (Å²) in [6, 6.07) is 8.56. The number of anilines is 1. The summed E-state index contributed by atoms with van der Waals surface area (Å²) in [5.41, 5.74) is 10.0. The summed E-state index contributed by atoms with van der Waals surface area (Å²) in [4.78, 5) is 2.33. The largest absolute Gasteiger partial charge is 0.370 e. The quantitative estimate of drug-likeness (QED) is 0.672. The minimum absolute atomic E-state index is 0.494. The minimum atomic E-state index is 0.494. The van der Waals surface area contributed by atoms with Crippen LogP contribution in [0.3, 0.4) is 0 Å². The Hall–Kier alpha value is -1.02. The SMILES string of the molecule is [NH]CCN1CCCc2ccccc21. The molecular formula is C11H15N2. The van der Waals surface area contributed by atoms with Crippen molar-refractivity contribution >= 4 is 5.69 Å². The Morgan fingerprint density at radius 3 is 3.00 bits per heavy atom. The van der Waals surface area contributed by atoms with Crippen LogP contribution in [0.2, 0.25) is 0 Å². The van der Waals surface area contributed by atoms with E-state index < -0.39 is 0 Å². The number of hydrogen-bond donors (Lipinski definition) is 0. The van der Waals surface area contributed by atoms with Crippen molar-refractivity contribution in [2.75, 3.05) is 24.5 Å². The maximum Gasteiger partial charge on any atom is 0.0399 e. The lowest BCUT2D eigenvalue weighted by Crippen LogP contribution is -2.32. The molecule has 0 bridgehead atoms. The molecular weight excluding hydrogens is 160 g/mol. The van der Waals surface area contributed by atoms with Crippen LogP contribution >= 0.6 is 0 Å². The molecule has 1 aromatic carbocycles. The Morgan fingerprint density at radius 2 is 2.15 bits per heavy atom.